The van der Waals surface area contributed by atoms with Crippen LogP contribution in [-0.2, 0) is 5.60 Å². The van der Waals surface area contributed by atoms with E-state index < -0.39 is 5.60 Å². The predicted molar refractivity (Wildman–Crippen MR) is 97.3 cm³/mol. The first-order valence-corrected chi connectivity index (χ1v) is 8.78. The molecule has 0 aliphatic rings. The van der Waals surface area contributed by atoms with E-state index >= 15 is 0 Å². The lowest BCUT2D eigenvalue weighted by molar-refractivity contribution is -0.924. The molecule has 0 aliphatic carbocycles. The number of benzene rings is 2. The van der Waals surface area contributed by atoms with Crippen molar-refractivity contribution >= 4 is 0 Å². The standard InChI is InChI=1S/C21H30NO.HI/c1-4-22(5-2,6-3)18-17-21(23,19-13-9-7-10-14-19)20-15-11-8-12-16-20;/h7-16,23H,4-6,17-18H2,1-3H3;1H/q+1;/p-1. The maximum absolute atomic E-state index is 11.6. The molecular weight excluding hydrogens is 409 g/mol. The Bertz CT molecular complexity index is 534. The first-order chi connectivity index (χ1) is 11.1. The summed E-state index contributed by atoms with van der Waals surface area (Å²) in [5.41, 5.74) is 1.03. The number of aliphatic hydroxyl groups is 1. The molecule has 2 rings (SSSR count). The second kappa shape index (κ2) is 9.54. The van der Waals surface area contributed by atoms with E-state index in [9.17, 15) is 5.11 Å². The van der Waals surface area contributed by atoms with Crippen LogP contribution in [-0.4, -0.2) is 35.8 Å². The van der Waals surface area contributed by atoms with E-state index in [4.69, 9.17) is 0 Å². The Kier molecular flexibility index (Phi) is 8.40. The Morgan fingerprint density at radius 2 is 1.12 bits per heavy atom. The molecule has 0 bridgehead atoms. The van der Waals surface area contributed by atoms with Gasteiger partial charge in [-0.3, -0.25) is 0 Å². The molecule has 0 spiro atoms. The first kappa shape index (κ1) is 21.1. The van der Waals surface area contributed by atoms with Gasteiger partial charge in [0.1, 0.15) is 5.60 Å². The number of quaternary nitrogens is 1. The van der Waals surface area contributed by atoms with Crippen LogP contribution in [0, 0.1) is 0 Å². The van der Waals surface area contributed by atoms with E-state index in [2.05, 4.69) is 20.8 Å². The van der Waals surface area contributed by atoms with Crippen molar-refractivity contribution in [3.63, 3.8) is 0 Å². The van der Waals surface area contributed by atoms with E-state index in [0.29, 0.717) is 0 Å². The minimum Gasteiger partial charge on any atom is -1.00 e. The Morgan fingerprint density at radius 1 is 0.750 bits per heavy atom. The highest BCUT2D eigenvalue weighted by molar-refractivity contribution is 5.35. The van der Waals surface area contributed by atoms with Gasteiger partial charge in [-0.2, -0.15) is 0 Å². The van der Waals surface area contributed by atoms with Crippen LogP contribution < -0.4 is 24.0 Å². The van der Waals surface area contributed by atoms with Gasteiger partial charge in [0.05, 0.1) is 26.2 Å². The van der Waals surface area contributed by atoms with E-state index in [1.165, 1.54) is 0 Å². The largest absolute Gasteiger partial charge is 1.00 e. The molecule has 2 aromatic carbocycles. The lowest BCUT2D eigenvalue weighted by atomic mass is 9.83. The maximum atomic E-state index is 11.6. The van der Waals surface area contributed by atoms with Gasteiger partial charge in [-0.05, 0) is 31.9 Å². The Labute approximate surface area is 164 Å². The molecular formula is C21H30INO. The number of halogens is 1. The monoisotopic (exact) mass is 439 g/mol. The normalized spacial score (nSPS) is 11.8. The lowest BCUT2D eigenvalue weighted by Gasteiger charge is -2.39. The fourth-order valence-corrected chi connectivity index (χ4v) is 3.43. The Morgan fingerprint density at radius 3 is 1.46 bits per heavy atom. The fraction of sp³-hybridized carbons (Fsp3) is 0.429. The minimum atomic E-state index is -0.925. The summed E-state index contributed by atoms with van der Waals surface area (Å²) in [6.07, 6.45) is 0.733. The van der Waals surface area contributed by atoms with E-state index in [1.807, 2.05) is 60.7 Å². The van der Waals surface area contributed by atoms with Crippen LogP contribution in [0.3, 0.4) is 0 Å². The van der Waals surface area contributed by atoms with Crippen LogP contribution >= 0.6 is 0 Å². The molecule has 0 atom stereocenters. The molecule has 0 radical (unpaired) electrons. The summed E-state index contributed by atoms with van der Waals surface area (Å²) in [5.74, 6) is 0. The van der Waals surface area contributed by atoms with Gasteiger partial charge in [0.2, 0.25) is 0 Å². The summed E-state index contributed by atoms with van der Waals surface area (Å²) in [6, 6.07) is 20.2. The van der Waals surface area contributed by atoms with Gasteiger partial charge < -0.3 is 33.6 Å². The van der Waals surface area contributed by atoms with Crippen LogP contribution in [0.4, 0.5) is 0 Å². The van der Waals surface area contributed by atoms with E-state index in [1.54, 1.807) is 0 Å². The molecule has 0 unspecified atom stereocenters. The van der Waals surface area contributed by atoms with Crippen molar-refractivity contribution < 1.29 is 33.6 Å². The summed E-state index contributed by atoms with van der Waals surface area (Å²) in [4.78, 5) is 0. The van der Waals surface area contributed by atoms with Crippen molar-refractivity contribution in [3.8, 4) is 0 Å². The Hall–Kier alpha value is -0.910. The lowest BCUT2D eigenvalue weighted by Crippen LogP contribution is -3.00. The summed E-state index contributed by atoms with van der Waals surface area (Å²) >= 11 is 0. The van der Waals surface area contributed by atoms with Crippen molar-refractivity contribution in [1.29, 1.82) is 0 Å². The third-order valence-corrected chi connectivity index (χ3v) is 5.46. The molecule has 0 heterocycles. The van der Waals surface area contributed by atoms with Crippen molar-refractivity contribution in [2.24, 2.45) is 0 Å². The van der Waals surface area contributed by atoms with Crippen LogP contribution in [0.15, 0.2) is 60.7 Å². The van der Waals surface area contributed by atoms with Gasteiger partial charge in [0, 0.05) is 6.42 Å². The maximum Gasteiger partial charge on any atom is 0.120 e. The predicted octanol–water partition coefficient (Wildman–Crippen LogP) is 1.19. The van der Waals surface area contributed by atoms with Gasteiger partial charge in [-0.1, -0.05) is 60.7 Å². The van der Waals surface area contributed by atoms with Crippen molar-refractivity contribution in [3.05, 3.63) is 71.8 Å². The van der Waals surface area contributed by atoms with Gasteiger partial charge >= 0.3 is 0 Å². The first-order valence-electron chi connectivity index (χ1n) is 8.78. The number of hydrogen-bond donors (Lipinski definition) is 1. The molecule has 0 saturated heterocycles. The molecule has 0 saturated carbocycles. The number of hydrogen-bond acceptors (Lipinski definition) is 1. The summed E-state index contributed by atoms with van der Waals surface area (Å²) < 4.78 is 1.04. The summed E-state index contributed by atoms with van der Waals surface area (Å²) in [6.45, 7) is 11.0. The topological polar surface area (TPSA) is 20.2 Å². The smallest absolute Gasteiger partial charge is 0.120 e. The second-order valence-corrected chi connectivity index (χ2v) is 6.36. The van der Waals surface area contributed by atoms with Crippen molar-refractivity contribution in [2.45, 2.75) is 32.8 Å². The Balaban J connectivity index is 0.00000288. The van der Waals surface area contributed by atoms with E-state index in [-0.39, 0.29) is 24.0 Å². The average Bonchev–Trinajstić information content (AvgIpc) is 2.64. The van der Waals surface area contributed by atoms with Crippen LogP contribution in [0.25, 0.3) is 0 Å². The minimum absolute atomic E-state index is 0. The molecule has 0 fully saturated rings. The number of nitrogens with zero attached hydrogens (tertiary/aromatic N) is 1. The van der Waals surface area contributed by atoms with Crippen LogP contribution in [0.2, 0.25) is 0 Å². The average molecular weight is 439 g/mol. The molecule has 2 aromatic rings. The molecule has 3 heteroatoms. The molecule has 0 aliphatic heterocycles. The highest BCUT2D eigenvalue weighted by Crippen LogP contribution is 2.33. The third kappa shape index (κ3) is 4.58. The van der Waals surface area contributed by atoms with Crippen LogP contribution in [0.5, 0.6) is 0 Å². The fourth-order valence-electron chi connectivity index (χ4n) is 3.43. The zero-order valence-electron chi connectivity index (χ0n) is 15.1. The zero-order valence-corrected chi connectivity index (χ0v) is 17.2. The van der Waals surface area contributed by atoms with Gasteiger partial charge in [0.15, 0.2) is 0 Å². The quantitative estimate of drug-likeness (QED) is 0.484. The van der Waals surface area contributed by atoms with Gasteiger partial charge in [0.25, 0.3) is 0 Å². The SMILES string of the molecule is CC[N+](CC)(CC)CCC(O)(c1ccccc1)c1ccccc1.[I-]. The molecule has 132 valence electrons. The highest BCUT2D eigenvalue weighted by Gasteiger charge is 2.34. The number of rotatable bonds is 8. The van der Waals surface area contributed by atoms with Gasteiger partial charge in [-0.15, -0.1) is 0 Å². The van der Waals surface area contributed by atoms with Crippen molar-refractivity contribution in [1.82, 2.24) is 0 Å². The highest BCUT2D eigenvalue weighted by atomic mass is 127. The zero-order chi connectivity index (χ0) is 16.8. The molecule has 2 nitrogen and oxygen atoms in total. The van der Waals surface area contributed by atoms with Crippen molar-refractivity contribution in [2.75, 3.05) is 26.2 Å². The summed E-state index contributed by atoms with van der Waals surface area (Å²) in [7, 11) is 0. The second-order valence-electron chi connectivity index (χ2n) is 6.36. The molecule has 0 aromatic heterocycles. The molecule has 1 N–H and O–H groups in total. The van der Waals surface area contributed by atoms with Gasteiger partial charge in [-0.25, -0.2) is 0 Å². The summed E-state index contributed by atoms with van der Waals surface area (Å²) in [5, 5.41) is 11.6. The molecule has 0 amide bonds. The molecule has 24 heavy (non-hydrogen) atoms. The third-order valence-electron chi connectivity index (χ3n) is 5.46. The van der Waals surface area contributed by atoms with E-state index in [0.717, 1.165) is 48.2 Å². The van der Waals surface area contributed by atoms with Crippen LogP contribution in [0.1, 0.15) is 38.3 Å².